The van der Waals surface area contributed by atoms with Crippen molar-refractivity contribution in [2.45, 2.75) is 25.4 Å². The van der Waals surface area contributed by atoms with Crippen LogP contribution < -0.4 is 19.5 Å². The van der Waals surface area contributed by atoms with Crippen molar-refractivity contribution in [2.24, 2.45) is 0 Å². The first-order chi connectivity index (χ1) is 13.1. The lowest BCUT2D eigenvalue weighted by atomic mass is 10.0. The van der Waals surface area contributed by atoms with Crippen molar-refractivity contribution in [3.05, 3.63) is 46.4 Å². The lowest BCUT2D eigenvalue weighted by Gasteiger charge is -2.33. The Hall–Kier alpha value is -1.92. The molecule has 0 radical (unpaired) electrons. The Morgan fingerprint density at radius 2 is 1.52 bits per heavy atom. The van der Waals surface area contributed by atoms with Gasteiger partial charge in [-0.1, -0.05) is 15.9 Å². The van der Waals surface area contributed by atoms with Gasteiger partial charge in [-0.25, -0.2) is 0 Å². The third-order valence-electron chi connectivity index (χ3n) is 4.98. The number of hydrogen-bond donors (Lipinski definition) is 1. The largest absolute Gasteiger partial charge is 0.496 e. The predicted molar refractivity (Wildman–Crippen MR) is 112 cm³/mol. The summed E-state index contributed by atoms with van der Waals surface area (Å²) in [5.41, 5.74) is 2.30. The van der Waals surface area contributed by atoms with Gasteiger partial charge in [-0.15, -0.1) is 0 Å². The van der Waals surface area contributed by atoms with E-state index < -0.39 is 0 Å². The van der Waals surface area contributed by atoms with Crippen LogP contribution in [0.2, 0.25) is 0 Å². The molecule has 6 heteroatoms. The summed E-state index contributed by atoms with van der Waals surface area (Å²) in [6.07, 6.45) is 2.23. The van der Waals surface area contributed by atoms with Crippen LogP contribution in [0.1, 0.15) is 18.4 Å². The molecule has 146 valence electrons. The summed E-state index contributed by atoms with van der Waals surface area (Å²) in [6.45, 7) is 2.94. The molecule has 1 N–H and O–H groups in total. The van der Waals surface area contributed by atoms with E-state index in [0.29, 0.717) is 11.8 Å². The minimum atomic E-state index is 0.509. The van der Waals surface area contributed by atoms with Crippen molar-refractivity contribution in [3.63, 3.8) is 0 Å². The molecule has 1 aliphatic heterocycles. The SMILES string of the molecule is COc1cc(OC)c(OC)cc1CN1CCC(Nc2ccc(Br)cc2)CC1. The molecule has 0 aliphatic carbocycles. The van der Waals surface area contributed by atoms with E-state index in [4.69, 9.17) is 14.2 Å². The molecule has 27 heavy (non-hydrogen) atoms. The van der Waals surface area contributed by atoms with Crippen LogP contribution in [0, 0.1) is 0 Å². The van der Waals surface area contributed by atoms with Gasteiger partial charge < -0.3 is 19.5 Å². The average Bonchev–Trinajstić information content (AvgIpc) is 2.70. The molecule has 0 saturated carbocycles. The van der Waals surface area contributed by atoms with Crippen LogP contribution in [-0.2, 0) is 6.54 Å². The Morgan fingerprint density at radius 1 is 0.926 bits per heavy atom. The molecular weight excluding hydrogens is 408 g/mol. The zero-order valence-electron chi connectivity index (χ0n) is 16.1. The van der Waals surface area contributed by atoms with Gasteiger partial charge in [-0.05, 0) is 43.2 Å². The minimum Gasteiger partial charge on any atom is -0.496 e. The van der Waals surface area contributed by atoms with Gasteiger partial charge in [-0.2, -0.15) is 0 Å². The molecule has 0 atom stereocenters. The molecule has 0 aromatic heterocycles. The van der Waals surface area contributed by atoms with Crippen LogP contribution in [0.3, 0.4) is 0 Å². The fourth-order valence-electron chi connectivity index (χ4n) is 3.47. The van der Waals surface area contributed by atoms with Gasteiger partial charge in [0.1, 0.15) is 5.75 Å². The summed E-state index contributed by atoms with van der Waals surface area (Å²) in [6, 6.07) is 12.8. The van der Waals surface area contributed by atoms with Crippen LogP contribution >= 0.6 is 15.9 Å². The van der Waals surface area contributed by atoms with E-state index in [9.17, 15) is 0 Å². The molecule has 1 fully saturated rings. The summed E-state index contributed by atoms with van der Waals surface area (Å²) in [5.74, 6) is 2.26. The summed E-state index contributed by atoms with van der Waals surface area (Å²) < 4.78 is 17.5. The number of anilines is 1. The Bertz CT molecular complexity index is 744. The molecule has 1 heterocycles. The number of likely N-dealkylation sites (tertiary alicyclic amines) is 1. The lowest BCUT2D eigenvalue weighted by molar-refractivity contribution is 0.208. The van der Waals surface area contributed by atoms with Gasteiger partial charge in [0, 0.05) is 47.5 Å². The fraction of sp³-hybridized carbons (Fsp3) is 0.429. The van der Waals surface area contributed by atoms with Crippen molar-refractivity contribution in [3.8, 4) is 17.2 Å². The zero-order valence-corrected chi connectivity index (χ0v) is 17.7. The second-order valence-corrected chi connectivity index (χ2v) is 7.64. The van der Waals surface area contributed by atoms with Crippen LogP contribution in [0.4, 0.5) is 5.69 Å². The Labute approximate surface area is 169 Å². The summed E-state index contributed by atoms with van der Waals surface area (Å²) >= 11 is 3.48. The van der Waals surface area contributed by atoms with E-state index in [1.54, 1.807) is 21.3 Å². The van der Waals surface area contributed by atoms with Gasteiger partial charge in [0.2, 0.25) is 0 Å². The molecular formula is C21H27BrN2O3. The van der Waals surface area contributed by atoms with Crippen LogP contribution in [0.5, 0.6) is 17.2 Å². The molecule has 0 unspecified atom stereocenters. The smallest absolute Gasteiger partial charge is 0.164 e. The number of hydrogen-bond acceptors (Lipinski definition) is 5. The number of rotatable bonds is 7. The number of methoxy groups -OCH3 is 3. The number of nitrogens with one attached hydrogen (secondary N) is 1. The molecule has 0 spiro atoms. The Balaban J connectivity index is 1.59. The molecule has 0 amide bonds. The van der Waals surface area contributed by atoms with Crippen molar-refractivity contribution in [1.82, 2.24) is 4.90 Å². The number of halogens is 1. The number of piperidine rings is 1. The maximum atomic E-state index is 5.56. The van der Waals surface area contributed by atoms with Gasteiger partial charge >= 0.3 is 0 Å². The highest BCUT2D eigenvalue weighted by atomic mass is 79.9. The monoisotopic (exact) mass is 434 g/mol. The zero-order chi connectivity index (χ0) is 19.2. The van der Waals surface area contributed by atoms with Crippen molar-refractivity contribution >= 4 is 21.6 Å². The van der Waals surface area contributed by atoms with E-state index in [0.717, 1.165) is 54.0 Å². The van der Waals surface area contributed by atoms with Crippen molar-refractivity contribution in [2.75, 3.05) is 39.7 Å². The van der Waals surface area contributed by atoms with E-state index >= 15 is 0 Å². The molecule has 1 aliphatic rings. The topological polar surface area (TPSA) is 43.0 Å². The number of nitrogens with zero attached hydrogens (tertiary/aromatic N) is 1. The highest BCUT2D eigenvalue weighted by Gasteiger charge is 2.21. The molecule has 5 nitrogen and oxygen atoms in total. The lowest BCUT2D eigenvalue weighted by Crippen LogP contribution is -2.38. The van der Waals surface area contributed by atoms with Gasteiger partial charge in [0.05, 0.1) is 21.3 Å². The van der Waals surface area contributed by atoms with Crippen LogP contribution in [0.15, 0.2) is 40.9 Å². The first-order valence-corrected chi connectivity index (χ1v) is 9.95. The molecule has 0 bridgehead atoms. The molecule has 2 aromatic carbocycles. The summed E-state index contributed by atoms with van der Waals surface area (Å²) in [5, 5.41) is 3.64. The highest BCUT2D eigenvalue weighted by Crippen LogP contribution is 2.35. The second-order valence-electron chi connectivity index (χ2n) is 6.72. The third kappa shape index (κ3) is 5.08. The standard InChI is InChI=1S/C21H27BrN2O3/c1-25-19-13-21(27-3)20(26-2)12-15(19)14-24-10-8-18(9-11-24)23-17-6-4-16(22)5-7-17/h4-7,12-13,18,23H,8-11,14H2,1-3H3. The van der Waals surface area contributed by atoms with E-state index in [-0.39, 0.29) is 0 Å². The Morgan fingerprint density at radius 3 is 2.11 bits per heavy atom. The van der Waals surface area contributed by atoms with Gasteiger partial charge in [-0.3, -0.25) is 4.90 Å². The van der Waals surface area contributed by atoms with Gasteiger partial charge in [0.25, 0.3) is 0 Å². The van der Waals surface area contributed by atoms with Crippen molar-refractivity contribution < 1.29 is 14.2 Å². The highest BCUT2D eigenvalue weighted by molar-refractivity contribution is 9.10. The Kier molecular flexibility index (Phi) is 6.85. The summed E-state index contributed by atoms with van der Waals surface area (Å²) in [7, 11) is 4.99. The predicted octanol–water partition coefficient (Wildman–Crippen LogP) is 4.55. The quantitative estimate of drug-likeness (QED) is 0.691. The molecule has 1 saturated heterocycles. The van der Waals surface area contributed by atoms with Gasteiger partial charge in [0.15, 0.2) is 11.5 Å². The number of ether oxygens (including phenoxy) is 3. The first kappa shape index (κ1) is 19.8. The van der Waals surface area contributed by atoms with E-state index in [1.165, 1.54) is 5.69 Å². The maximum absolute atomic E-state index is 5.56. The normalized spacial score (nSPS) is 15.4. The average molecular weight is 435 g/mol. The molecule has 3 rings (SSSR count). The summed E-state index contributed by atoms with van der Waals surface area (Å²) in [4.78, 5) is 2.46. The van der Waals surface area contributed by atoms with Crippen LogP contribution in [-0.4, -0.2) is 45.4 Å². The maximum Gasteiger partial charge on any atom is 0.164 e. The minimum absolute atomic E-state index is 0.509. The molecule has 2 aromatic rings. The number of benzene rings is 2. The third-order valence-corrected chi connectivity index (χ3v) is 5.51. The fourth-order valence-corrected chi connectivity index (χ4v) is 3.74. The van der Waals surface area contributed by atoms with Crippen molar-refractivity contribution in [1.29, 1.82) is 0 Å². The second kappa shape index (κ2) is 9.33. The van der Waals surface area contributed by atoms with E-state index in [2.05, 4.69) is 50.4 Å². The first-order valence-electron chi connectivity index (χ1n) is 9.16. The van der Waals surface area contributed by atoms with E-state index in [1.807, 2.05) is 12.1 Å². The van der Waals surface area contributed by atoms with Crippen LogP contribution in [0.25, 0.3) is 0 Å².